The minimum Gasteiger partial charge on any atom is -0.480 e. The SMILES string of the molecule is O=C(NC1C2C3CCC(C3)C12)N[C@@H](CO)C(=O)O. The fraction of sp³-hybridized carbons (Fsp3) is 0.833. The molecule has 3 rings (SSSR count). The van der Waals surface area contributed by atoms with Gasteiger partial charge in [0.15, 0.2) is 6.04 Å². The number of amides is 2. The van der Waals surface area contributed by atoms with Crippen molar-refractivity contribution >= 4 is 12.0 Å². The summed E-state index contributed by atoms with van der Waals surface area (Å²) in [5.74, 6) is 1.54. The quantitative estimate of drug-likeness (QED) is 0.557. The molecule has 2 amide bonds. The highest BCUT2D eigenvalue weighted by Crippen LogP contribution is 2.65. The van der Waals surface area contributed by atoms with Gasteiger partial charge in [-0.25, -0.2) is 9.59 Å². The van der Waals surface area contributed by atoms with E-state index < -0.39 is 24.6 Å². The minimum atomic E-state index is -1.22. The van der Waals surface area contributed by atoms with Gasteiger partial charge in [0.05, 0.1) is 6.61 Å². The van der Waals surface area contributed by atoms with E-state index in [9.17, 15) is 9.59 Å². The Morgan fingerprint density at radius 2 is 1.83 bits per heavy atom. The van der Waals surface area contributed by atoms with Gasteiger partial charge < -0.3 is 20.8 Å². The largest absolute Gasteiger partial charge is 0.480 e. The maximum Gasteiger partial charge on any atom is 0.328 e. The highest BCUT2D eigenvalue weighted by atomic mass is 16.4. The molecule has 6 nitrogen and oxygen atoms in total. The number of carbonyl (C=O) groups is 2. The number of carboxylic acids is 1. The molecule has 100 valence electrons. The second kappa shape index (κ2) is 4.12. The number of rotatable bonds is 4. The molecular formula is C12H18N2O4. The molecule has 18 heavy (non-hydrogen) atoms. The number of urea groups is 1. The molecule has 4 unspecified atom stereocenters. The molecule has 0 saturated heterocycles. The third-order valence-corrected chi connectivity index (χ3v) is 4.82. The van der Waals surface area contributed by atoms with Crippen molar-refractivity contribution in [2.45, 2.75) is 31.3 Å². The Labute approximate surface area is 105 Å². The lowest BCUT2D eigenvalue weighted by Crippen LogP contribution is -2.49. The van der Waals surface area contributed by atoms with Crippen LogP contribution in [0.15, 0.2) is 0 Å². The number of aliphatic carboxylic acids is 1. The number of fused-ring (bicyclic) bond motifs is 5. The zero-order valence-corrected chi connectivity index (χ0v) is 10.0. The van der Waals surface area contributed by atoms with Crippen LogP contribution in [0, 0.1) is 23.7 Å². The topological polar surface area (TPSA) is 98.7 Å². The zero-order chi connectivity index (χ0) is 12.9. The molecule has 0 aromatic heterocycles. The van der Waals surface area contributed by atoms with Gasteiger partial charge in [0, 0.05) is 6.04 Å². The third kappa shape index (κ3) is 1.75. The first-order chi connectivity index (χ1) is 8.61. The number of nitrogens with one attached hydrogen (secondary N) is 2. The summed E-state index contributed by atoms with van der Waals surface area (Å²) in [5, 5.41) is 22.7. The number of carboxylic acid groups (broad SMARTS) is 1. The third-order valence-electron chi connectivity index (χ3n) is 4.82. The van der Waals surface area contributed by atoms with Crippen LogP contribution >= 0.6 is 0 Å². The normalized spacial score (nSPS) is 41.1. The van der Waals surface area contributed by atoms with Crippen LogP contribution in [0.5, 0.6) is 0 Å². The Morgan fingerprint density at radius 3 is 2.33 bits per heavy atom. The number of hydrogen-bond donors (Lipinski definition) is 4. The van der Waals surface area contributed by atoms with E-state index in [0.29, 0.717) is 11.8 Å². The highest BCUT2D eigenvalue weighted by molar-refractivity contribution is 5.83. The Hall–Kier alpha value is -1.30. The summed E-state index contributed by atoms with van der Waals surface area (Å²) in [6, 6.07) is -1.47. The summed E-state index contributed by atoms with van der Waals surface area (Å²) >= 11 is 0. The van der Waals surface area contributed by atoms with E-state index >= 15 is 0 Å². The van der Waals surface area contributed by atoms with Gasteiger partial charge in [-0.2, -0.15) is 0 Å². The van der Waals surface area contributed by atoms with Gasteiger partial charge in [-0.05, 0) is 42.9 Å². The van der Waals surface area contributed by atoms with Crippen LogP contribution in [0.3, 0.4) is 0 Å². The predicted molar refractivity (Wildman–Crippen MR) is 61.8 cm³/mol. The van der Waals surface area contributed by atoms with Crippen molar-refractivity contribution in [3.8, 4) is 0 Å². The van der Waals surface area contributed by atoms with Crippen LogP contribution in [0.2, 0.25) is 0 Å². The molecular weight excluding hydrogens is 236 g/mol. The van der Waals surface area contributed by atoms with E-state index in [4.69, 9.17) is 10.2 Å². The van der Waals surface area contributed by atoms with Crippen molar-refractivity contribution < 1.29 is 19.8 Å². The molecule has 3 aliphatic carbocycles. The molecule has 0 aromatic carbocycles. The van der Waals surface area contributed by atoms with E-state index in [1.54, 1.807) is 0 Å². The van der Waals surface area contributed by atoms with Crippen LogP contribution in [-0.4, -0.2) is 40.9 Å². The van der Waals surface area contributed by atoms with Crippen molar-refractivity contribution in [2.75, 3.05) is 6.61 Å². The van der Waals surface area contributed by atoms with Gasteiger partial charge in [-0.15, -0.1) is 0 Å². The van der Waals surface area contributed by atoms with Gasteiger partial charge in [0.1, 0.15) is 0 Å². The van der Waals surface area contributed by atoms with E-state index in [1.165, 1.54) is 19.3 Å². The number of aliphatic hydroxyl groups is 1. The molecule has 4 N–H and O–H groups in total. The van der Waals surface area contributed by atoms with E-state index in [1.807, 2.05) is 0 Å². The summed E-state index contributed by atoms with van der Waals surface area (Å²) in [6.07, 6.45) is 3.86. The Balaban J connectivity index is 1.50. The van der Waals surface area contributed by atoms with Gasteiger partial charge in [-0.1, -0.05) is 0 Å². The van der Waals surface area contributed by atoms with Crippen molar-refractivity contribution in [1.82, 2.24) is 10.6 Å². The minimum absolute atomic E-state index is 0.226. The van der Waals surface area contributed by atoms with Crippen molar-refractivity contribution in [1.29, 1.82) is 0 Å². The van der Waals surface area contributed by atoms with Crippen LogP contribution in [0.25, 0.3) is 0 Å². The number of aliphatic hydroxyl groups excluding tert-OH is 1. The lowest BCUT2D eigenvalue weighted by atomic mass is 10.0. The first-order valence-electron chi connectivity index (χ1n) is 6.52. The Morgan fingerprint density at radius 1 is 1.22 bits per heavy atom. The molecule has 6 heteroatoms. The molecule has 2 bridgehead atoms. The van der Waals surface area contributed by atoms with E-state index in [0.717, 1.165) is 11.8 Å². The molecule has 0 heterocycles. The molecule has 0 aliphatic heterocycles. The standard InChI is InChI=1S/C12H18N2O4/c15-4-7(11(16)17)13-12(18)14-10-8-5-1-2-6(3-5)9(8)10/h5-10,15H,1-4H2,(H,16,17)(H2,13,14,18)/t5?,6?,7-,8?,9?,10?/m0/s1. The zero-order valence-electron chi connectivity index (χ0n) is 10.0. The lowest BCUT2D eigenvalue weighted by Gasteiger charge is -2.14. The smallest absolute Gasteiger partial charge is 0.328 e. The second-order valence-corrected chi connectivity index (χ2v) is 5.70. The van der Waals surface area contributed by atoms with Crippen molar-refractivity contribution in [3.05, 3.63) is 0 Å². The monoisotopic (exact) mass is 254 g/mol. The Bertz CT molecular complexity index is 370. The summed E-state index contributed by atoms with van der Waals surface area (Å²) in [4.78, 5) is 22.3. The molecule has 0 spiro atoms. The number of hydrogen-bond acceptors (Lipinski definition) is 3. The second-order valence-electron chi connectivity index (χ2n) is 5.70. The Kier molecular flexibility index (Phi) is 2.69. The predicted octanol–water partition coefficient (Wildman–Crippen LogP) is -0.224. The fourth-order valence-electron chi connectivity index (χ4n) is 4.06. The van der Waals surface area contributed by atoms with Crippen LogP contribution in [0.1, 0.15) is 19.3 Å². The van der Waals surface area contributed by atoms with Gasteiger partial charge in [0.2, 0.25) is 0 Å². The van der Waals surface area contributed by atoms with Crippen molar-refractivity contribution in [2.24, 2.45) is 23.7 Å². The molecule has 3 aliphatic rings. The molecule has 3 fully saturated rings. The molecule has 0 aromatic rings. The van der Waals surface area contributed by atoms with Gasteiger partial charge in [0.25, 0.3) is 0 Å². The van der Waals surface area contributed by atoms with Crippen LogP contribution in [-0.2, 0) is 4.79 Å². The maximum atomic E-state index is 11.6. The van der Waals surface area contributed by atoms with Crippen LogP contribution in [0.4, 0.5) is 4.79 Å². The maximum absolute atomic E-state index is 11.6. The lowest BCUT2D eigenvalue weighted by molar-refractivity contribution is -0.140. The van der Waals surface area contributed by atoms with E-state index in [-0.39, 0.29) is 6.04 Å². The molecule has 0 radical (unpaired) electrons. The fourth-order valence-corrected chi connectivity index (χ4v) is 4.06. The number of carbonyl (C=O) groups excluding carboxylic acids is 1. The average molecular weight is 254 g/mol. The van der Waals surface area contributed by atoms with Crippen molar-refractivity contribution in [3.63, 3.8) is 0 Å². The summed E-state index contributed by atoms with van der Waals surface area (Å²) in [6.45, 7) is -0.592. The molecule has 3 saturated carbocycles. The highest BCUT2D eigenvalue weighted by Gasteiger charge is 2.65. The van der Waals surface area contributed by atoms with Gasteiger partial charge >= 0.3 is 12.0 Å². The summed E-state index contributed by atoms with van der Waals surface area (Å²) in [5.41, 5.74) is 0. The summed E-state index contributed by atoms with van der Waals surface area (Å²) < 4.78 is 0. The van der Waals surface area contributed by atoms with Gasteiger partial charge in [-0.3, -0.25) is 0 Å². The first-order valence-corrected chi connectivity index (χ1v) is 6.52. The molecule has 5 atom stereocenters. The summed E-state index contributed by atoms with van der Waals surface area (Å²) in [7, 11) is 0. The van der Waals surface area contributed by atoms with Crippen LogP contribution < -0.4 is 10.6 Å². The average Bonchev–Trinajstić information content (AvgIpc) is 2.74. The van der Waals surface area contributed by atoms with E-state index in [2.05, 4.69) is 10.6 Å². The first kappa shape index (κ1) is 11.8.